The Morgan fingerprint density at radius 3 is 2.92 bits per heavy atom. The predicted molar refractivity (Wildman–Crippen MR) is 95.4 cm³/mol. The number of carbonyl (C=O) groups is 2. The number of aromatic nitrogens is 2. The van der Waals surface area contributed by atoms with Gasteiger partial charge in [-0.2, -0.15) is 0 Å². The molecule has 1 aromatic carbocycles. The van der Waals surface area contributed by atoms with Crippen LogP contribution in [0.4, 0.5) is 5.95 Å². The Morgan fingerprint density at radius 1 is 1.36 bits per heavy atom. The number of rotatable bonds is 5. The second kappa shape index (κ2) is 7.55. The summed E-state index contributed by atoms with van der Waals surface area (Å²) in [6.45, 7) is 4.33. The number of methoxy groups -OCH3 is 1. The van der Waals surface area contributed by atoms with E-state index < -0.39 is 5.97 Å². The highest BCUT2D eigenvalue weighted by Gasteiger charge is 2.28. The standard InChI is InChI=1S/C18H24N4O3/c1-3-22-15-9-5-4-8-14(15)20-18(22)21-10-6-7-13(12-21)17(24)19-11-16(23)25-2/h4-5,8-9,13H,3,6-7,10-12H2,1-2H3,(H,19,24)/t13-/m1/s1. The highest BCUT2D eigenvalue weighted by molar-refractivity contribution is 5.84. The van der Waals surface area contributed by atoms with E-state index in [1.54, 1.807) is 0 Å². The van der Waals surface area contributed by atoms with Crippen LogP contribution in [0.25, 0.3) is 11.0 Å². The number of hydrogen-bond donors (Lipinski definition) is 1. The van der Waals surface area contributed by atoms with Crippen molar-refractivity contribution in [2.24, 2.45) is 5.92 Å². The summed E-state index contributed by atoms with van der Waals surface area (Å²) in [4.78, 5) is 30.5. The zero-order valence-corrected chi connectivity index (χ0v) is 14.7. The lowest BCUT2D eigenvalue weighted by Gasteiger charge is -2.33. The molecule has 1 aromatic heterocycles. The summed E-state index contributed by atoms with van der Waals surface area (Å²) >= 11 is 0. The normalized spacial score (nSPS) is 17.5. The molecule has 2 aromatic rings. The summed E-state index contributed by atoms with van der Waals surface area (Å²) in [7, 11) is 1.31. The van der Waals surface area contributed by atoms with Crippen LogP contribution >= 0.6 is 0 Å². The minimum absolute atomic E-state index is 0.0840. The van der Waals surface area contributed by atoms with E-state index in [1.807, 2.05) is 18.2 Å². The molecule has 0 spiro atoms. The molecule has 1 fully saturated rings. The summed E-state index contributed by atoms with van der Waals surface area (Å²) < 4.78 is 6.75. The van der Waals surface area contributed by atoms with Crippen molar-refractivity contribution in [1.29, 1.82) is 0 Å². The van der Waals surface area contributed by atoms with E-state index in [2.05, 4.69) is 32.5 Å². The largest absolute Gasteiger partial charge is 0.468 e. The number of benzene rings is 1. The van der Waals surface area contributed by atoms with Gasteiger partial charge < -0.3 is 19.5 Å². The summed E-state index contributed by atoms with van der Waals surface area (Å²) in [5.41, 5.74) is 2.08. The number of fused-ring (bicyclic) bond motifs is 1. The molecule has 1 saturated heterocycles. The summed E-state index contributed by atoms with van der Waals surface area (Å²) in [5, 5.41) is 2.66. The van der Waals surface area contributed by atoms with E-state index in [-0.39, 0.29) is 18.4 Å². The van der Waals surface area contributed by atoms with E-state index in [9.17, 15) is 9.59 Å². The first-order chi connectivity index (χ1) is 12.1. The van der Waals surface area contributed by atoms with E-state index in [4.69, 9.17) is 4.98 Å². The van der Waals surface area contributed by atoms with Gasteiger partial charge in [0.1, 0.15) is 6.54 Å². The van der Waals surface area contributed by atoms with Crippen molar-refractivity contribution in [2.75, 3.05) is 31.6 Å². The van der Waals surface area contributed by atoms with Crippen LogP contribution in [0.3, 0.4) is 0 Å². The molecule has 3 rings (SSSR count). The number of amides is 1. The Bertz CT molecular complexity index is 771. The summed E-state index contributed by atoms with van der Waals surface area (Å²) in [6.07, 6.45) is 1.74. The Hall–Kier alpha value is -2.57. The van der Waals surface area contributed by atoms with Crippen LogP contribution in [0, 0.1) is 5.92 Å². The number of para-hydroxylation sites is 2. The van der Waals surface area contributed by atoms with Gasteiger partial charge in [-0.05, 0) is 31.9 Å². The van der Waals surface area contributed by atoms with E-state index >= 15 is 0 Å². The zero-order valence-electron chi connectivity index (χ0n) is 14.7. The SMILES string of the molecule is CCn1c(N2CCC[C@@H](C(=O)NCC(=O)OC)C2)nc2ccccc21. The van der Waals surface area contributed by atoms with Gasteiger partial charge >= 0.3 is 5.97 Å². The molecule has 0 saturated carbocycles. The minimum atomic E-state index is -0.436. The topological polar surface area (TPSA) is 76.5 Å². The molecule has 1 aliphatic heterocycles. The fourth-order valence-corrected chi connectivity index (χ4v) is 3.36. The van der Waals surface area contributed by atoms with Gasteiger partial charge in [-0.15, -0.1) is 0 Å². The Kier molecular flexibility index (Phi) is 5.21. The fourth-order valence-electron chi connectivity index (χ4n) is 3.36. The number of carbonyl (C=O) groups excluding carboxylic acids is 2. The Balaban J connectivity index is 1.75. The molecule has 0 aliphatic carbocycles. The van der Waals surface area contributed by atoms with Gasteiger partial charge in [0.05, 0.1) is 24.1 Å². The van der Waals surface area contributed by atoms with Crippen LogP contribution in [-0.4, -0.2) is 48.2 Å². The second-order valence-electron chi connectivity index (χ2n) is 6.22. The lowest BCUT2D eigenvalue weighted by atomic mass is 9.97. The van der Waals surface area contributed by atoms with Gasteiger partial charge in [-0.25, -0.2) is 4.98 Å². The first-order valence-electron chi connectivity index (χ1n) is 8.68. The van der Waals surface area contributed by atoms with Crippen LogP contribution in [-0.2, 0) is 20.9 Å². The van der Waals surface area contributed by atoms with Gasteiger partial charge in [0, 0.05) is 19.6 Å². The average molecular weight is 344 g/mol. The molecule has 2 heterocycles. The van der Waals surface area contributed by atoms with E-state index in [1.165, 1.54) is 7.11 Å². The maximum absolute atomic E-state index is 12.3. The molecule has 1 aliphatic rings. The van der Waals surface area contributed by atoms with Crippen molar-refractivity contribution in [2.45, 2.75) is 26.3 Å². The number of nitrogens with one attached hydrogen (secondary N) is 1. The molecule has 0 unspecified atom stereocenters. The molecule has 1 atom stereocenters. The lowest BCUT2D eigenvalue weighted by molar-refractivity contribution is -0.141. The maximum Gasteiger partial charge on any atom is 0.325 e. The molecular formula is C18H24N4O3. The lowest BCUT2D eigenvalue weighted by Crippen LogP contribution is -2.45. The molecule has 0 bridgehead atoms. The number of esters is 1. The predicted octanol–water partition coefficient (Wildman–Crippen LogP) is 1.56. The zero-order chi connectivity index (χ0) is 17.8. The Morgan fingerprint density at radius 2 is 2.16 bits per heavy atom. The molecule has 0 radical (unpaired) electrons. The summed E-state index contributed by atoms with van der Waals surface area (Å²) in [5.74, 6) is 0.223. The van der Waals surface area contributed by atoms with Gasteiger partial charge in [-0.1, -0.05) is 12.1 Å². The molecule has 7 nitrogen and oxygen atoms in total. The van der Waals surface area contributed by atoms with Crippen LogP contribution < -0.4 is 10.2 Å². The molecule has 1 amide bonds. The van der Waals surface area contributed by atoms with Crippen LogP contribution in [0.2, 0.25) is 0 Å². The number of ether oxygens (including phenoxy) is 1. The quantitative estimate of drug-likeness (QED) is 0.833. The highest BCUT2D eigenvalue weighted by Crippen LogP contribution is 2.27. The van der Waals surface area contributed by atoms with Crippen molar-refractivity contribution >= 4 is 28.9 Å². The van der Waals surface area contributed by atoms with Crippen LogP contribution in [0.5, 0.6) is 0 Å². The third-order valence-corrected chi connectivity index (χ3v) is 4.66. The van der Waals surface area contributed by atoms with Crippen molar-refractivity contribution in [1.82, 2.24) is 14.9 Å². The third-order valence-electron chi connectivity index (χ3n) is 4.66. The van der Waals surface area contributed by atoms with Gasteiger partial charge in [0.15, 0.2) is 0 Å². The van der Waals surface area contributed by atoms with Crippen LogP contribution in [0.1, 0.15) is 19.8 Å². The number of nitrogens with zero attached hydrogens (tertiary/aromatic N) is 3. The monoisotopic (exact) mass is 344 g/mol. The van der Waals surface area contributed by atoms with Gasteiger partial charge in [0.2, 0.25) is 11.9 Å². The van der Waals surface area contributed by atoms with Crippen molar-refractivity contribution in [3.05, 3.63) is 24.3 Å². The minimum Gasteiger partial charge on any atom is -0.468 e. The molecular weight excluding hydrogens is 320 g/mol. The van der Waals surface area contributed by atoms with E-state index in [0.29, 0.717) is 6.54 Å². The first-order valence-corrected chi connectivity index (χ1v) is 8.68. The van der Waals surface area contributed by atoms with Crippen molar-refractivity contribution in [3.8, 4) is 0 Å². The van der Waals surface area contributed by atoms with Crippen molar-refractivity contribution in [3.63, 3.8) is 0 Å². The summed E-state index contributed by atoms with van der Waals surface area (Å²) in [6, 6.07) is 8.08. The second-order valence-corrected chi connectivity index (χ2v) is 6.22. The maximum atomic E-state index is 12.3. The molecule has 1 N–H and O–H groups in total. The number of piperidine rings is 1. The molecule has 134 valence electrons. The fraction of sp³-hybridized carbons (Fsp3) is 0.500. The van der Waals surface area contributed by atoms with Crippen LogP contribution in [0.15, 0.2) is 24.3 Å². The number of hydrogen-bond acceptors (Lipinski definition) is 5. The highest BCUT2D eigenvalue weighted by atomic mass is 16.5. The Labute approximate surface area is 147 Å². The molecule has 25 heavy (non-hydrogen) atoms. The van der Waals surface area contributed by atoms with E-state index in [0.717, 1.165) is 42.9 Å². The number of aryl methyl sites for hydroxylation is 1. The number of imidazole rings is 1. The first kappa shape index (κ1) is 17.3. The van der Waals surface area contributed by atoms with Crippen molar-refractivity contribution < 1.29 is 14.3 Å². The third kappa shape index (κ3) is 3.60. The van der Waals surface area contributed by atoms with Gasteiger partial charge in [0.25, 0.3) is 0 Å². The van der Waals surface area contributed by atoms with Gasteiger partial charge in [-0.3, -0.25) is 9.59 Å². The smallest absolute Gasteiger partial charge is 0.325 e. The molecule has 7 heteroatoms. The average Bonchev–Trinajstić information content (AvgIpc) is 3.04. The number of anilines is 1.